The van der Waals surface area contributed by atoms with Gasteiger partial charge in [0.2, 0.25) is 0 Å². The van der Waals surface area contributed by atoms with Gasteiger partial charge in [-0.15, -0.1) is 17.0 Å². The fraction of sp³-hybridized carbons (Fsp3) is 0.333. The van der Waals surface area contributed by atoms with Crippen LogP contribution in [0.15, 0.2) is 53.5 Å². The summed E-state index contributed by atoms with van der Waals surface area (Å²) >= 11 is 0. The van der Waals surface area contributed by atoms with Crippen molar-refractivity contribution in [2.45, 2.75) is 25.7 Å². The number of carbonyl (C=O) groups excluding carboxylic acids is 1. The summed E-state index contributed by atoms with van der Waals surface area (Å²) in [6, 6.07) is 13.3. The molecule has 0 radical (unpaired) electrons. The number of hydrogen-bond acceptors (Lipinski definition) is 6. The third-order valence-corrected chi connectivity index (χ3v) is 4.75. The average Bonchev–Trinajstić information content (AvgIpc) is 3.01. The molecule has 154 valence electrons. The Balaban J connectivity index is 0.00000300. The molecule has 2 aromatic rings. The van der Waals surface area contributed by atoms with Crippen molar-refractivity contribution >= 4 is 40.0 Å². The van der Waals surface area contributed by atoms with Crippen LogP contribution in [0.1, 0.15) is 36.0 Å². The van der Waals surface area contributed by atoms with Gasteiger partial charge in [0.05, 0.1) is 18.6 Å². The number of amidine groups is 1. The zero-order valence-electron chi connectivity index (χ0n) is 16.2. The number of hydrogen-bond donors (Lipinski definition) is 0. The Morgan fingerprint density at radius 3 is 2.41 bits per heavy atom. The Bertz CT molecular complexity index is 866. The first-order valence-corrected chi connectivity index (χ1v) is 9.31. The summed E-state index contributed by atoms with van der Waals surface area (Å²) in [7, 11) is 1.61. The van der Waals surface area contributed by atoms with Crippen molar-refractivity contribution in [2.75, 3.05) is 25.1 Å². The summed E-state index contributed by atoms with van der Waals surface area (Å²) in [5.41, 5.74) is 1.28. The molecule has 0 aromatic heterocycles. The number of nitro groups is 1. The molecule has 1 aliphatic rings. The van der Waals surface area contributed by atoms with Crippen LogP contribution in [0.25, 0.3) is 0 Å². The second-order valence-electron chi connectivity index (χ2n) is 6.62. The second kappa shape index (κ2) is 10.7. The molecule has 0 N–H and O–H groups in total. The molecule has 0 atom stereocenters. The number of benzene rings is 2. The minimum Gasteiger partial charge on any atom is -0.497 e. The lowest BCUT2D eigenvalue weighted by Gasteiger charge is -2.26. The highest BCUT2D eigenvalue weighted by atomic mass is 79.9. The quantitative estimate of drug-likeness (QED) is 0.348. The molecule has 0 bridgehead atoms. The van der Waals surface area contributed by atoms with Crippen LogP contribution in [0.4, 0.5) is 11.4 Å². The molecule has 0 unspecified atom stereocenters. The van der Waals surface area contributed by atoms with Crippen molar-refractivity contribution < 1.29 is 14.5 Å². The van der Waals surface area contributed by atoms with Crippen molar-refractivity contribution in [2.24, 2.45) is 4.99 Å². The number of aliphatic imine (C=N–C) groups is 1. The summed E-state index contributed by atoms with van der Waals surface area (Å²) in [6.07, 6.45) is 4.03. The maximum atomic E-state index is 12.9. The van der Waals surface area contributed by atoms with Crippen LogP contribution in [-0.2, 0) is 0 Å². The number of ether oxygens (including phenoxy) is 1. The molecule has 1 aliphatic heterocycles. The van der Waals surface area contributed by atoms with E-state index in [2.05, 4.69) is 0 Å². The third-order valence-electron chi connectivity index (χ3n) is 4.75. The average molecular weight is 462 g/mol. The summed E-state index contributed by atoms with van der Waals surface area (Å²) < 4.78 is 5.22. The number of ketones is 1. The topological polar surface area (TPSA) is 85.0 Å². The van der Waals surface area contributed by atoms with Crippen LogP contribution in [0.2, 0.25) is 0 Å². The predicted molar refractivity (Wildman–Crippen MR) is 119 cm³/mol. The number of nitro benzene ring substituents is 1. The molecular formula is C21H24BrN3O4. The summed E-state index contributed by atoms with van der Waals surface area (Å²) in [5, 5.41) is 10.8. The summed E-state index contributed by atoms with van der Waals surface area (Å²) in [6.45, 7) is 0.886. The Labute approximate surface area is 180 Å². The normalized spacial score (nSPS) is 13.5. The van der Waals surface area contributed by atoms with Crippen molar-refractivity contribution in [1.29, 1.82) is 0 Å². The van der Waals surface area contributed by atoms with E-state index in [1.807, 2.05) is 29.2 Å². The van der Waals surface area contributed by atoms with Gasteiger partial charge < -0.3 is 9.64 Å². The van der Waals surface area contributed by atoms with Crippen LogP contribution in [-0.4, -0.2) is 36.7 Å². The fourth-order valence-corrected chi connectivity index (χ4v) is 3.18. The van der Waals surface area contributed by atoms with E-state index in [4.69, 9.17) is 9.73 Å². The number of rotatable bonds is 6. The van der Waals surface area contributed by atoms with Crippen LogP contribution in [0, 0.1) is 10.1 Å². The first-order chi connectivity index (χ1) is 13.6. The molecule has 3 rings (SSSR count). The van der Waals surface area contributed by atoms with Crippen molar-refractivity contribution in [3.63, 3.8) is 0 Å². The molecule has 7 nitrogen and oxygen atoms in total. The molecular weight excluding hydrogens is 438 g/mol. The lowest BCUT2D eigenvalue weighted by molar-refractivity contribution is -0.384. The van der Waals surface area contributed by atoms with Crippen molar-refractivity contribution in [3.8, 4) is 5.75 Å². The molecule has 0 saturated carbocycles. The van der Waals surface area contributed by atoms with Crippen molar-refractivity contribution in [3.05, 3.63) is 64.2 Å². The molecule has 0 amide bonds. The Morgan fingerprint density at radius 1 is 1.10 bits per heavy atom. The van der Waals surface area contributed by atoms with Gasteiger partial charge in [-0.3, -0.25) is 19.9 Å². The highest BCUT2D eigenvalue weighted by molar-refractivity contribution is 8.93. The minimum atomic E-state index is -0.474. The smallest absolute Gasteiger partial charge is 0.269 e. The Morgan fingerprint density at radius 2 is 1.79 bits per heavy atom. The van der Waals surface area contributed by atoms with E-state index >= 15 is 0 Å². The molecule has 0 spiro atoms. The summed E-state index contributed by atoms with van der Waals surface area (Å²) in [4.78, 5) is 29.9. The molecule has 0 saturated heterocycles. The zero-order chi connectivity index (χ0) is 19.9. The molecule has 0 aliphatic carbocycles. The lowest BCUT2D eigenvalue weighted by atomic mass is 10.1. The highest BCUT2D eigenvalue weighted by Crippen LogP contribution is 2.23. The standard InChI is InChI=1S/C21H23N3O4.BrH/c1-28-19-12-10-17(11-13-19)23(21-5-3-2-4-14-22-21)15-20(25)16-6-8-18(9-7-16)24(26)27;/h6-13H,2-5,14-15H2,1H3;1H. The number of non-ortho nitro benzene ring substituents is 1. The van der Waals surface area contributed by atoms with Gasteiger partial charge in [-0.05, 0) is 49.2 Å². The van der Waals surface area contributed by atoms with Gasteiger partial charge in [-0.2, -0.15) is 0 Å². The van der Waals surface area contributed by atoms with Crippen LogP contribution < -0.4 is 9.64 Å². The van der Waals surface area contributed by atoms with Gasteiger partial charge in [0, 0.05) is 36.3 Å². The van der Waals surface area contributed by atoms with Crippen LogP contribution in [0.5, 0.6) is 5.75 Å². The van der Waals surface area contributed by atoms with Gasteiger partial charge in [-0.25, -0.2) is 0 Å². The summed E-state index contributed by atoms with van der Waals surface area (Å²) in [5.74, 6) is 1.53. The molecule has 0 fully saturated rings. The van der Waals surface area contributed by atoms with E-state index in [9.17, 15) is 14.9 Å². The Hall–Kier alpha value is -2.74. The van der Waals surface area contributed by atoms with Crippen molar-refractivity contribution in [1.82, 2.24) is 0 Å². The number of halogens is 1. The van der Waals surface area contributed by atoms with E-state index in [1.165, 1.54) is 24.3 Å². The molecule has 2 aromatic carbocycles. The SMILES string of the molecule is Br.COc1ccc(N(CC(=O)c2ccc([N+](=O)[O-])cc2)C2=NCCCCC2)cc1. The first kappa shape index (κ1) is 22.5. The van der Waals surface area contributed by atoms with Gasteiger partial charge in [-0.1, -0.05) is 6.42 Å². The van der Waals surface area contributed by atoms with Crippen LogP contribution >= 0.6 is 17.0 Å². The van der Waals surface area contributed by atoms with E-state index in [0.717, 1.165) is 49.5 Å². The number of carbonyl (C=O) groups is 1. The van der Waals surface area contributed by atoms with Gasteiger partial charge >= 0.3 is 0 Å². The second-order valence-corrected chi connectivity index (χ2v) is 6.62. The molecule has 29 heavy (non-hydrogen) atoms. The van der Waals surface area contributed by atoms with E-state index in [-0.39, 0.29) is 35.0 Å². The minimum absolute atomic E-state index is 0. The van der Waals surface area contributed by atoms with E-state index in [1.54, 1.807) is 7.11 Å². The first-order valence-electron chi connectivity index (χ1n) is 9.31. The maximum Gasteiger partial charge on any atom is 0.269 e. The third kappa shape index (κ3) is 5.87. The Kier molecular flexibility index (Phi) is 8.33. The van der Waals surface area contributed by atoms with Gasteiger partial charge in [0.25, 0.3) is 5.69 Å². The van der Waals surface area contributed by atoms with Gasteiger partial charge in [0.15, 0.2) is 5.78 Å². The predicted octanol–water partition coefficient (Wildman–Crippen LogP) is 4.84. The van der Waals surface area contributed by atoms with Gasteiger partial charge in [0.1, 0.15) is 11.6 Å². The largest absolute Gasteiger partial charge is 0.497 e. The van der Waals surface area contributed by atoms with Crippen LogP contribution in [0.3, 0.4) is 0 Å². The molecule has 8 heteroatoms. The number of methoxy groups -OCH3 is 1. The van der Waals surface area contributed by atoms with E-state index < -0.39 is 4.92 Å². The maximum absolute atomic E-state index is 12.9. The lowest BCUT2D eigenvalue weighted by Crippen LogP contribution is -2.36. The zero-order valence-corrected chi connectivity index (χ0v) is 18.0. The molecule has 1 heterocycles. The number of anilines is 1. The number of nitrogens with zero attached hydrogens (tertiary/aromatic N) is 3. The highest BCUT2D eigenvalue weighted by Gasteiger charge is 2.20. The fourth-order valence-electron chi connectivity index (χ4n) is 3.18. The number of Topliss-reactive ketones (excluding diaryl/α,β-unsaturated/α-hetero) is 1. The monoisotopic (exact) mass is 461 g/mol. The van der Waals surface area contributed by atoms with E-state index in [0.29, 0.717) is 5.56 Å².